The van der Waals surface area contributed by atoms with Crippen molar-refractivity contribution in [2.75, 3.05) is 12.3 Å². The molecule has 0 saturated heterocycles. The highest BCUT2D eigenvalue weighted by atomic mass is 16.5. The fourth-order valence-corrected chi connectivity index (χ4v) is 1.84. The summed E-state index contributed by atoms with van der Waals surface area (Å²) in [6.45, 7) is 3.03. The van der Waals surface area contributed by atoms with Crippen LogP contribution in [0.4, 0.5) is 5.69 Å². The number of nitrogens with two attached hydrogens (primary N) is 1. The van der Waals surface area contributed by atoms with Gasteiger partial charge in [-0.1, -0.05) is 19.1 Å². The lowest BCUT2D eigenvalue weighted by atomic mass is 10.2. The van der Waals surface area contributed by atoms with Gasteiger partial charge in [-0.3, -0.25) is 4.79 Å². The van der Waals surface area contributed by atoms with Crippen LogP contribution in [0, 0.1) is 0 Å². The Labute approximate surface area is 112 Å². The highest BCUT2D eigenvalue weighted by molar-refractivity contribution is 5.33. The van der Waals surface area contributed by atoms with Gasteiger partial charge in [0.25, 0.3) is 5.56 Å². The van der Waals surface area contributed by atoms with Gasteiger partial charge in [0.1, 0.15) is 12.4 Å². The second-order valence-electron chi connectivity index (χ2n) is 4.34. The molecule has 0 fully saturated rings. The van der Waals surface area contributed by atoms with Crippen molar-refractivity contribution in [3.05, 3.63) is 58.5 Å². The summed E-state index contributed by atoms with van der Waals surface area (Å²) in [5.74, 6) is 0.830. The number of aromatic nitrogens is 1. The Morgan fingerprint density at radius 2 is 2.11 bits per heavy atom. The van der Waals surface area contributed by atoms with Gasteiger partial charge >= 0.3 is 0 Å². The van der Waals surface area contributed by atoms with Crippen LogP contribution in [-0.4, -0.2) is 11.2 Å². The molecule has 0 radical (unpaired) electrons. The number of rotatable bonds is 5. The summed E-state index contributed by atoms with van der Waals surface area (Å²) in [5.41, 5.74) is 7.39. The Kier molecular flexibility index (Phi) is 4.23. The molecule has 1 aromatic heterocycles. The van der Waals surface area contributed by atoms with Crippen molar-refractivity contribution in [3.63, 3.8) is 0 Å². The normalized spacial score (nSPS) is 10.4. The maximum Gasteiger partial charge on any atom is 0.250 e. The zero-order chi connectivity index (χ0) is 13.7. The van der Waals surface area contributed by atoms with E-state index in [9.17, 15) is 4.79 Å². The molecule has 4 heteroatoms. The Hall–Kier alpha value is -2.23. The first kappa shape index (κ1) is 13.2. The molecular formula is C15H18N2O2. The molecule has 2 rings (SSSR count). The quantitative estimate of drug-likeness (QED) is 0.893. The van der Waals surface area contributed by atoms with Crippen LogP contribution in [0.2, 0.25) is 0 Å². The van der Waals surface area contributed by atoms with Gasteiger partial charge in [-0.2, -0.15) is 0 Å². The molecule has 100 valence electrons. The van der Waals surface area contributed by atoms with E-state index in [0.717, 1.165) is 12.2 Å². The molecule has 0 aliphatic rings. The minimum absolute atomic E-state index is 0.0693. The molecule has 19 heavy (non-hydrogen) atoms. The molecule has 0 saturated carbocycles. The molecule has 0 spiro atoms. The average Bonchev–Trinajstić information content (AvgIpc) is 2.43. The summed E-state index contributed by atoms with van der Waals surface area (Å²) < 4.78 is 7.20. The zero-order valence-electron chi connectivity index (χ0n) is 11.0. The lowest BCUT2D eigenvalue weighted by Gasteiger charge is -2.09. The van der Waals surface area contributed by atoms with Gasteiger partial charge in [-0.15, -0.1) is 0 Å². The number of anilines is 1. The van der Waals surface area contributed by atoms with Crippen molar-refractivity contribution in [1.82, 2.24) is 4.57 Å². The number of aryl methyl sites for hydroxylation is 1. The van der Waals surface area contributed by atoms with Gasteiger partial charge in [0.05, 0.1) is 6.54 Å². The van der Waals surface area contributed by atoms with E-state index < -0.39 is 0 Å². The zero-order valence-corrected chi connectivity index (χ0v) is 11.0. The lowest BCUT2D eigenvalue weighted by Crippen LogP contribution is -2.22. The van der Waals surface area contributed by atoms with Crippen LogP contribution in [0.25, 0.3) is 0 Å². The number of benzene rings is 1. The van der Waals surface area contributed by atoms with E-state index in [-0.39, 0.29) is 5.56 Å². The molecule has 0 atom stereocenters. The van der Waals surface area contributed by atoms with Crippen molar-refractivity contribution in [3.8, 4) is 5.75 Å². The highest BCUT2D eigenvalue weighted by Crippen LogP contribution is 2.13. The topological polar surface area (TPSA) is 57.2 Å². The summed E-state index contributed by atoms with van der Waals surface area (Å²) in [6, 6.07) is 11.0. The Bertz CT molecular complexity index is 605. The van der Waals surface area contributed by atoms with Gasteiger partial charge in [0.2, 0.25) is 0 Å². The van der Waals surface area contributed by atoms with Crippen LogP contribution in [0.5, 0.6) is 5.75 Å². The first-order valence-electron chi connectivity index (χ1n) is 6.37. The second-order valence-corrected chi connectivity index (χ2v) is 4.34. The third kappa shape index (κ3) is 3.61. The molecule has 1 aromatic carbocycles. The molecule has 0 aliphatic carbocycles. The number of hydrogen-bond donors (Lipinski definition) is 1. The summed E-state index contributed by atoms with van der Waals surface area (Å²) >= 11 is 0. The molecule has 2 aromatic rings. The van der Waals surface area contributed by atoms with E-state index in [1.54, 1.807) is 16.8 Å². The molecule has 4 nitrogen and oxygen atoms in total. The SMILES string of the molecule is CCc1cccc(OCCn2cc(N)ccc2=O)c1. The molecule has 0 unspecified atom stereocenters. The van der Waals surface area contributed by atoms with E-state index in [1.165, 1.54) is 11.6 Å². The summed E-state index contributed by atoms with van der Waals surface area (Å²) in [7, 11) is 0. The molecule has 0 aliphatic heterocycles. The van der Waals surface area contributed by atoms with Gasteiger partial charge in [0.15, 0.2) is 0 Å². The molecule has 1 heterocycles. The van der Waals surface area contributed by atoms with Gasteiger partial charge in [-0.25, -0.2) is 0 Å². The summed E-state index contributed by atoms with van der Waals surface area (Å²) in [4.78, 5) is 11.6. The summed E-state index contributed by atoms with van der Waals surface area (Å²) in [5, 5.41) is 0. The fourth-order valence-electron chi connectivity index (χ4n) is 1.84. The van der Waals surface area contributed by atoms with Crippen molar-refractivity contribution in [1.29, 1.82) is 0 Å². The van der Waals surface area contributed by atoms with Gasteiger partial charge in [-0.05, 0) is 30.2 Å². The van der Waals surface area contributed by atoms with Crippen LogP contribution in [0.3, 0.4) is 0 Å². The average molecular weight is 258 g/mol. The van der Waals surface area contributed by atoms with Crippen LogP contribution in [0.15, 0.2) is 47.4 Å². The third-order valence-electron chi connectivity index (χ3n) is 2.91. The van der Waals surface area contributed by atoms with Gasteiger partial charge < -0.3 is 15.0 Å². The second kappa shape index (κ2) is 6.09. The number of nitrogen functional groups attached to an aromatic ring is 1. The van der Waals surface area contributed by atoms with Crippen LogP contribution in [0.1, 0.15) is 12.5 Å². The Balaban J connectivity index is 1.96. The third-order valence-corrected chi connectivity index (χ3v) is 2.91. The van der Waals surface area contributed by atoms with E-state index in [1.807, 2.05) is 18.2 Å². The fraction of sp³-hybridized carbons (Fsp3) is 0.267. The monoisotopic (exact) mass is 258 g/mol. The first-order valence-corrected chi connectivity index (χ1v) is 6.37. The molecular weight excluding hydrogens is 240 g/mol. The highest BCUT2D eigenvalue weighted by Gasteiger charge is 1.99. The van der Waals surface area contributed by atoms with Crippen LogP contribution < -0.4 is 16.0 Å². The first-order chi connectivity index (χ1) is 9.19. The molecule has 0 bridgehead atoms. The number of pyridine rings is 1. The van der Waals surface area contributed by atoms with E-state index >= 15 is 0 Å². The Morgan fingerprint density at radius 3 is 2.89 bits per heavy atom. The standard InChI is InChI=1S/C15H18N2O2/c1-2-12-4-3-5-14(10-12)19-9-8-17-11-13(16)6-7-15(17)18/h3-7,10-11H,2,8-9,16H2,1H3. The maximum atomic E-state index is 11.6. The van der Waals surface area contributed by atoms with E-state index in [2.05, 4.69) is 13.0 Å². The minimum atomic E-state index is -0.0693. The predicted molar refractivity (Wildman–Crippen MR) is 76.4 cm³/mol. The summed E-state index contributed by atoms with van der Waals surface area (Å²) in [6.07, 6.45) is 2.61. The molecule has 2 N–H and O–H groups in total. The molecule has 0 amide bonds. The largest absolute Gasteiger partial charge is 0.492 e. The predicted octanol–water partition coefficient (Wildman–Crippen LogP) is 2.07. The van der Waals surface area contributed by atoms with E-state index in [4.69, 9.17) is 10.5 Å². The van der Waals surface area contributed by atoms with E-state index in [0.29, 0.717) is 18.8 Å². The van der Waals surface area contributed by atoms with Crippen molar-refractivity contribution >= 4 is 5.69 Å². The van der Waals surface area contributed by atoms with Crippen molar-refractivity contribution < 1.29 is 4.74 Å². The number of ether oxygens (including phenoxy) is 1. The number of nitrogens with zero attached hydrogens (tertiary/aromatic N) is 1. The lowest BCUT2D eigenvalue weighted by molar-refractivity contribution is 0.296. The van der Waals surface area contributed by atoms with Crippen molar-refractivity contribution in [2.24, 2.45) is 0 Å². The van der Waals surface area contributed by atoms with Gasteiger partial charge in [0, 0.05) is 18.0 Å². The van der Waals surface area contributed by atoms with Crippen LogP contribution >= 0.6 is 0 Å². The number of hydrogen-bond acceptors (Lipinski definition) is 3. The van der Waals surface area contributed by atoms with Crippen molar-refractivity contribution in [2.45, 2.75) is 19.9 Å². The smallest absolute Gasteiger partial charge is 0.250 e. The maximum absolute atomic E-state index is 11.6. The Morgan fingerprint density at radius 1 is 1.26 bits per heavy atom. The minimum Gasteiger partial charge on any atom is -0.492 e. The van der Waals surface area contributed by atoms with Crippen LogP contribution in [-0.2, 0) is 13.0 Å².